The lowest BCUT2D eigenvalue weighted by Crippen LogP contribution is -2.00. The highest BCUT2D eigenvalue weighted by atomic mass is 127. The van der Waals surface area contributed by atoms with Gasteiger partial charge in [0.25, 0.3) is 0 Å². The van der Waals surface area contributed by atoms with Crippen molar-refractivity contribution in [3.63, 3.8) is 0 Å². The molecule has 0 saturated heterocycles. The van der Waals surface area contributed by atoms with E-state index in [0.717, 1.165) is 22.0 Å². The lowest BCUT2D eigenvalue weighted by molar-refractivity contribution is 0.162. The van der Waals surface area contributed by atoms with Gasteiger partial charge in [-0.25, -0.2) is 4.39 Å². The highest BCUT2D eigenvalue weighted by molar-refractivity contribution is 14.1. The van der Waals surface area contributed by atoms with Gasteiger partial charge < -0.3 is 5.11 Å². The van der Waals surface area contributed by atoms with Crippen LogP contribution in [0.5, 0.6) is 0 Å². The Morgan fingerprint density at radius 3 is 2.25 bits per heavy atom. The van der Waals surface area contributed by atoms with Crippen LogP contribution in [0, 0.1) is 9.39 Å². The van der Waals surface area contributed by atoms with Crippen molar-refractivity contribution in [1.29, 1.82) is 0 Å². The third-order valence-corrected chi connectivity index (χ3v) is 4.59. The Bertz CT molecular complexity index is 381. The molecule has 0 bridgehead atoms. The molecule has 0 heterocycles. The van der Waals surface area contributed by atoms with Crippen LogP contribution in [0.3, 0.4) is 0 Å². The van der Waals surface area contributed by atoms with Crippen molar-refractivity contribution in [3.8, 4) is 0 Å². The Balaban J connectivity index is 2.15. The first kappa shape index (κ1) is 17.9. The number of halogens is 2. The van der Waals surface area contributed by atoms with Gasteiger partial charge in [0.2, 0.25) is 0 Å². The second kappa shape index (κ2) is 10.6. The normalized spacial score (nSPS) is 12.6. The molecule has 1 rings (SSSR count). The highest BCUT2D eigenvalue weighted by Gasteiger charge is 2.11. The van der Waals surface area contributed by atoms with Crippen LogP contribution in [-0.2, 0) is 0 Å². The van der Waals surface area contributed by atoms with Crippen LogP contribution in [0.25, 0.3) is 0 Å². The van der Waals surface area contributed by atoms with Crippen LogP contribution in [-0.4, -0.2) is 5.11 Å². The Morgan fingerprint density at radius 1 is 1.05 bits per heavy atom. The van der Waals surface area contributed by atoms with Crippen LogP contribution in [0.1, 0.15) is 76.4 Å². The molecule has 0 radical (unpaired) electrons. The molecule has 1 nitrogen and oxygen atoms in total. The van der Waals surface area contributed by atoms with Gasteiger partial charge in [0.15, 0.2) is 0 Å². The van der Waals surface area contributed by atoms with Gasteiger partial charge in [-0.05, 0) is 46.7 Å². The standard InChI is InChI=1S/C17H26FIO/c1-2-3-4-5-6-7-8-9-10-17(20)15-12-11-14(18)13-16(15)19/h11-13,17,20H,2-10H2,1H3. The van der Waals surface area contributed by atoms with Crippen molar-refractivity contribution in [2.45, 2.75) is 70.8 Å². The summed E-state index contributed by atoms with van der Waals surface area (Å²) < 4.78 is 13.8. The first-order valence-electron chi connectivity index (χ1n) is 7.78. The van der Waals surface area contributed by atoms with Crippen molar-refractivity contribution >= 4 is 22.6 Å². The maximum absolute atomic E-state index is 13.0. The average Bonchev–Trinajstić information content (AvgIpc) is 2.41. The van der Waals surface area contributed by atoms with E-state index in [2.05, 4.69) is 29.5 Å². The van der Waals surface area contributed by atoms with Crippen LogP contribution < -0.4 is 0 Å². The monoisotopic (exact) mass is 392 g/mol. The second-order valence-electron chi connectivity index (χ2n) is 5.45. The summed E-state index contributed by atoms with van der Waals surface area (Å²) in [5.74, 6) is -0.238. The number of hydrogen-bond acceptors (Lipinski definition) is 1. The van der Waals surface area contributed by atoms with Gasteiger partial charge >= 0.3 is 0 Å². The van der Waals surface area contributed by atoms with Gasteiger partial charge in [-0.2, -0.15) is 0 Å². The molecule has 0 aliphatic heterocycles. The summed E-state index contributed by atoms with van der Waals surface area (Å²) in [5, 5.41) is 10.1. The fourth-order valence-corrected chi connectivity index (χ4v) is 3.24. The van der Waals surface area contributed by atoms with Crippen molar-refractivity contribution in [1.82, 2.24) is 0 Å². The molecule has 1 aromatic carbocycles. The summed E-state index contributed by atoms with van der Waals surface area (Å²) in [6.45, 7) is 2.23. The fourth-order valence-electron chi connectivity index (χ4n) is 2.40. The number of aliphatic hydroxyl groups is 1. The predicted octanol–water partition coefficient (Wildman–Crippen LogP) is 5.99. The molecule has 0 amide bonds. The van der Waals surface area contributed by atoms with Gasteiger partial charge in [0.1, 0.15) is 5.82 Å². The van der Waals surface area contributed by atoms with E-state index in [1.807, 2.05) is 0 Å². The molecule has 114 valence electrons. The molecule has 0 aliphatic carbocycles. The minimum absolute atomic E-state index is 0.238. The van der Waals surface area contributed by atoms with Gasteiger partial charge in [-0.3, -0.25) is 0 Å². The smallest absolute Gasteiger partial charge is 0.124 e. The molecule has 0 saturated carbocycles. The van der Waals surface area contributed by atoms with E-state index in [9.17, 15) is 9.50 Å². The SMILES string of the molecule is CCCCCCCCCCC(O)c1ccc(F)cc1I. The van der Waals surface area contributed by atoms with E-state index >= 15 is 0 Å². The number of benzene rings is 1. The van der Waals surface area contributed by atoms with Gasteiger partial charge in [0, 0.05) is 3.57 Å². The summed E-state index contributed by atoms with van der Waals surface area (Å²) in [4.78, 5) is 0. The minimum Gasteiger partial charge on any atom is -0.388 e. The first-order valence-corrected chi connectivity index (χ1v) is 8.86. The van der Waals surface area contributed by atoms with Crippen LogP contribution in [0.2, 0.25) is 0 Å². The third kappa shape index (κ3) is 7.02. The topological polar surface area (TPSA) is 20.2 Å². The Labute approximate surface area is 136 Å². The molecule has 3 heteroatoms. The zero-order chi connectivity index (χ0) is 14.8. The lowest BCUT2D eigenvalue weighted by Gasteiger charge is -2.12. The van der Waals surface area contributed by atoms with Crippen molar-refractivity contribution in [2.24, 2.45) is 0 Å². The first-order chi connectivity index (χ1) is 9.65. The van der Waals surface area contributed by atoms with Crippen molar-refractivity contribution in [2.75, 3.05) is 0 Å². The summed E-state index contributed by atoms with van der Waals surface area (Å²) >= 11 is 2.09. The molecule has 0 spiro atoms. The van der Waals surface area contributed by atoms with E-state index < -0.39 is 6.10 Å². The highest BCUT2D eigenvalue weighted by Crippen LogP contribution is 2.25. The number of rotatable bonds is 10. The average molecular weight is 392 g/mol. The van der Waals surface area contributed by atoms with Gasteiger partial charge in [0.05, 0.1) is 6.10 Å². The van der Waals surface area contributed by atoms with E-state index in [-0.39, 0.29) is 5.82 Å². The molecule has 0 aromatic heterocycles. The molecule has 20 heavy (non-hydrogen) atoms. The molecule has 1 unspecified atom stereocenters. The number of unbranched alkanes of at least 4 members (excludes halogenated alkanes) is 7. The van der Waals surface area contributed by atoms with E-state index in [4.69, 9.17) is 0 Å². The zero-order valence-corrected chi connectivity index (χ0v) is 14.5. The molecular formula is C17H26FIO. The quantitative estimate of drug-likeness (QED) is 0.383. The Morgan fingerprint density at radius 2 is 1.65 bits per heavy atom. The van der Waals surface area contributed by atoms with E-state index in [1.54, 1.807) is 6.07 Å². The molecular weight excluding hydrogens is 366 g/mol. The van der Waals surface area contributed by atoms with E-state index in [1.165, 1.54) is 57.1 Å². The maximum atomic E-state index is 13.0. The van der Waals surface area contributed by atoms with Crippen LogP contribution in [0.15, 0.2) is 18.2 Å². The number of hydrogen-bond donors (Lipinski definition) is 1. The minimum atomic E-state index is -0.456. The third-order valence-electron chi connectivity index (χ3n) is 3.65. The van der Waals surface area contributed by atoms with Crippen molar-refractivity contribution < 1.29 is 9.50 Å². The second-order valence-corrected chi connectivity index (χ2v) is 6.61. The Kier molecular flexibility index (Phi) is 9.44. The largest absolute Gasteiger partial charge is 0.388 e. The molecule has 0 fully saturated rings. The van der Waals surface area contributed by atoms with E-state index in [0.29, 0.717) is 0 Å². The summed E-state index contributed by atoms with van der Waals surface area (Å²) in [6.07, 6.45) is 10.5. The summed E-state index contributed by atoms with van der Waals surface area (Å²) in [6, 6.07) is 4.60. The molecule has 0 aliphatic rings. The van der Waals surface area contributed by atoms with Crippen LogP contribution in [0.4, 0.5) is 4.39 Å². The fraction of sp³-hybridized carbons (Fsp3) is 0.647. The number of aliphatic hydroxyl groups excluding tert-OH is 1. The predicted molar refractivity (Wildman–Crippen MR) is 91.3 cm³/mol. The summed E-state index contributed by atoms with van der Waals surface area (Å²) in [7, 11) is 0. The Hall–Kier alpha value is -0.160. The van der Waals surface area contributed by atoms with Crippen LogP contribution >= 0.6 is 22.6 Å². The molecule has 1 atom stereocenters. The lowest BCUT2D eigenvalue weighted by atomic mass is 10.0. The maximum Gasteiger partial charge on any atom is 0.124 e. The zero-order valence-electron chi connectivity index (χ0n) is 12.4. The molecule has 1 N–H and O–H groups in total. The van der Waals surface area contributed by atoms with Gasteiger partial charge in [-0.1, -0.05) is 64.4 Å². The van der Waals surface area contributed by atoms with Crippen molar-refractivity contribution in [3.05, 3.63) is 33.1 Å². The summed E-state index contributed by atoms with van der Waals surface area (Å²) in [5.41, 5.74) is 0.856. The van der Waals surface area contributed by atoms with Gasteiger partial charge in [-0.15, -0.1) is 0 Å². The molecule has 1 aromatic rings.